The van der Waals surface area contributed by atoms with Crippen LogP contribution in [0.4, 0.5) is 0 Å². The van der Waals surface area contributed by atoms with Crippen molar-refractivity contribution in [2.24, 2.45) is 10.7 Å². The molecule has 4 nitrogen and oxygen atoms in total. The number of fused-ring (bicyclic) bond motifs is 1. The molecule has 0 bridgehead atoms. The van der Waals surface area contributed by atoms with E-state index >= 15 is 0 Å². The van der Waals surface area contributed by atoms with E-state index in [-0.39, 0.29) is 6.79 Å². The lowest BCUT2D eigenvalue weighted by Crippen LogP contribution is -2.14. The summed E-state index contributed by atoms with van der Waals surface area (Å²) in [7, 11) is 1.67. The Hall–Kier alpha value is -1.71. The molecule has 0 aliphatic carbocycles. The van der Waals surface area contributed by atoms with Gasteiger partial charge in [0.25, 0.3) is 0 Å². The minimum absolute atomic E-state index is 0.279. The van der Waals surface area contributed by atoms with Gasteiger partial charge >= 0.3 is 0 Å². The number of hydrogen-bond acceptors (Lipinski definition) is 3. The third kappa shape index (κ3) is 1.28. The zero-order valence-electron chi connectivity index (χ0n) is 8.20. The van der Waals surface area contributed by atoms with Crippen molar-refractivity contribution >= 4 is 5.84 Å². The van der Waals surface area contributed by atoms with Gasteiger partial charge in [0.05, 0.1) is 0 Å². The molecule has 1 aliphatic heterocycles. The van der Waals surface area contributed by atoms with Crippen LogP contribution < -0.4 is 15.2 Å². The molecule has 1 heterocycles. The summed E-state index contributed by atoms with van der Waals surface area (Å²) >= 11 is 0. The topological polar surface area (TPSA) is 56.8 Å². The molecule has 0 amide bonds. The lowest BCUT2D eigenvalue weighted by atomic mass is 10.1. The second kappa shape index (κ2) is 3.21. The Morgan fingerprint density at radius 1 is 1.36 bits per heavy atom. The van der Waals surface area contributed by atoms with Gasteiger partial charge in [-0.3, -0.25) is 4.99 Å². The number of nitrogens with two attached hydrogens (primary N) is 1. The Labute approximate surface area is 82.3 Å². The van der Waals surface area contributed by atoms with E-state index in [1.54, 1.807) is 7.05 Å². The Bertz CT molecular complexity index is 399. The van der Waals surface area contributed by atoms with Crippen LogP contribution in [0.3, 0.4) is 0 Å². The number of rotatable bonds is 1. The molecule has 2 rings (SSSR count). The Balaban J connectivity index is 2.53. The average molecular weight is 192 g/mol. The summed E-state index contributed by atoms with van der Waals surface area (Å²) in [6, 6.07) is 3.77. The molecule has 0 spiro atoms. The van der Waals surface area contributed by atoms with E-state index in [1.165, 1.54) is 0 Å². The highest BCUT2D eigenvalue weighted by atomic mass is 16.7. The van der Waals surface area contributed by atoms with Crippen molar-refractivity contribution in [3.8, 4) is 11.5 Å². The van der Waals surface area contributed by atoms with Gasteiger partial charge in [-0.2, -0.15) is 0 Å². The SMILES string of the molecule is CN=C(N)c1cc2c(cc1C)OCO2. The van der Waals surface area contributed by atoms with Gasteiger partial charge in [0.1, 0.15) is 5.84 Å². The number of nitrogens with zero attached hydrogens (tertiary/aromatic N) is 1. The first-order chi connectivity index (χ1) is 6.72. The Kier molecular flexibility index (Phi) is 2.04. The molecule has 0 unspecified atom stereocenters. The van der Waals surface area contributed by atoms with Gasteiger partial charge in [0.15, 0.2) is 11.5 Å². The van der Waals surface area contributed by atoms with Gasteiger partial charge in [0.2, 0.25) is 6.79 Å². The second-order valence-electron chi connectivity index (χ2n) is 3.13. The largest absolute Gasteiger partial charge is 0.454 e. The van der Waals surface area contributed by atoms with Crippen LogP contribution in [-0.4, -0.2) is 19.7 Å². The fourth-order valence-corrected chi connectivity index (χ4v) is 1.44. The molecular weight excluding hydrogens is 180 g/mol. The molecule has 0 aromatic heterocycles. The Morgan fingerprint density at radius 2 is 2.00 bits per heavy atom. The lowest BCUT2D eigenvalue weighted by Gasteiger charge is -2.05. The van der Waals surface area contributed by atoms with Crippen molar-refractivity contribution in [2.45, 2.75) is 6.92 Å². The monoisotopic (exact) mass is 192 g/mol. The fraction of sp³-hybridized carbons (Fsp3) is 0.300. The molecule has 0 fully saturated rings. The van der Waals surface area contributed by atoms with Crippen LogP contribution >= 0.6 is 0 Å². The number of amidine groups is 1. The molecule has 0 atom stereocenters. The summed E-state index contributed by atoms with van der Waals surface area (Å²) in [6.45, 7) is 2.25. The molecule has 1 aromatic rings. The normalized spacial score (nSPS) is 14.6. The highest BCUT2D eigenvalue weighted by Crippen LogP contribution is 2.34. The van der Waals surface area contributed by atoms with Crippen molar-refractivity contribution in [1.29, 1.82) is 0 Å². The van der Waals surface area contributed by atoms with E-state index < -0.39 is 0 Å². The highest BCUT2D eigenvalue weighted by molar-refractivity contribution is 5.99. The molecule has 0 radical (unpaired) electrons. The zero-order chi connectivity index (χ0) is 10.1. The van der Waals surface area contributed by atoms with Crippen LogP contribution in [0.25, 0.3) is 0 Å². The fourth-order valence-electron chi connectivity index (χ4n) is 1.44. The van der Waals surface area contributed by atoms with Crippen molar-refractivity contribution in [1.82, 2.24) is 0 Å². The summed E-state index contributed by atoms with van der Waals surface area (Å²) in [5, 5.41) is 0. The van der Waals surface area contributed by atoms with Crippen LogP contribution in [-0.2, 0) is 0 Å². The minimum atomic E-state index is 0.279. The molecule has 2 N–H and O–H groups in total. The molecule has 4 heteroatoms. The van der Waals surface area contributed by atoms with Gasteiger partial charge in [-0.15, -0.1) is 0 Å². The van der Waals surface area contributed by atoms with Crippen molar-refractivity contribution in [3.05, 3.63) is 23.3 Å². The summed E-state index contributed by atoms with van der Waals surface area (Å²) < 4.78 is 10.5. The number of aryl methyl sites for hydroxylation is 1. The van der Waals surface area contributed by atoms with Crippen LogP contribution in [0.15, 0.2) is 17.1 Å². The van der Waals surface area contributed by atoms with E-state index in [0.29, 0.717) is 5.84 Å². The van der Waals surface area contributed by atoms with Gasteiger partial charge in [0, 0.05) is 12.6 Å². The van der Waals surface area contributed by atoms with E-state index in [9.17, 15) is 0 Å². The van der Waals surface area contributed by atoms with Crippen LogP contribution in [0, 0.1) is 6.92 Å². The first-order valence-electron chi connectivity index (χ1n) is 4.35. The van der Waals surface area contributed by atoms with E-state index in [2.05, 4.69) is 4.99 Å². The predicted octanol–water partition coefficient (Wildman–Crippen LogP) is 1.06. The quantitative estimate of drug-likeness (QED) is 0.534. The van der Waals surface area contributed by atoms with Crippen LogP contribution in [0.1, 0.15) is 11.1 Å². The maximum absolute atomic E-state index is 5.74. The molecule has 0 saturated heterocycles. The van der Waals surface area contributed by atoms with E-state index in [4.69, 9.17) is 15.2 Å². The number of aliphatic imine (C=N–C) groups is 1. The van der Waals surface area contributed by atoms with Gasteiger partial charge in [-0.25, -0.2) is 0 Å². The number of benzene rings is 1. The summed E-state index contributed by atoms with van der Waals surface area (Å²) in [5.74, 6) is 2.02. The van der Waals surface area contributed by atoms with Crippen LogP contribution in [0.2, 0.25) is 0 Å². The van der Waals surface area contributed by atoms with E-state index in [1.807, 2.05) is 19.1 Å². The van der Waals surface area contributed by atoms with Gasteiger partial charge < -0.3 is 15.2 Å². The van der Waals surface area contributed by atoms with E-state index in [0.717, 1.165) is 22.6 Å². The minimum Gasteiger partial charge on any atom is -0.454 e. The molecule has 0 saturated carbocycles. The summed E-state index contributed by atoms with van der Waals surface area (Å²) in [5.41, 5.74) is 7.68. The first kappa shape index (κ1) is 8.87. The smallest absolute Gasteiger partial charge is 0.231 e. The molecular formula is C10H12N2O2. The molecule has 14 heavy (non-hydrogen) atoms. The molecule has 1 aromatic carbocycles. The summed E-state index contributed by atoms with van der Waals surface area (Å²) in [4.78, 5) is 3.94. The van der Waals surface area contributed by atoms with Crippen molar-refractivity contribution in [3.63, 3.8) is 0 Å². The molecule has 1 aliphatic rings. The average Bonchev–Trinajstić information content (AvgIpc) is 2.62. The van der Waals surface area contributed by atoms with Crippen molar-refractivity contribution < 1.29 is 9.47 Å². The van der Waals surface area contributed by atoms with Gasteiger partial charge in [-0.1, -0.05) is 0 Å². The number of hydrogen-bond donors (Lipinski definition) is 1. The van der Waals surface area contributed by atoms with Crippen LogP contribution in [0.5, 0.6) is 11.5 Å². The summed E-state index contributed by atoms with van der Waals surface area (Å²) in [6.07, 6.45) is 0. The lowest BCUT2D eigenvalue weighted by molar-refractivity contribution is 0.174. The number of ether oxygens (including phenoxy) is 2. The highest BCUT2D eigenvalue weighted by Gasteiger charge is 2.16. The molecule has 74 valence electrons. The first-order valence-corrected chi connectivity index (χ1v) is 4.35. The van der Waals surface area contributed by atoms with Gasteiger partial charge in [-0.05, 0) is 24.6 Å². The third-order valence-electron chi connectivity index (χ3n) is 2.24. The Morgan fingerprint density at radius 3 is 2.64 bits per heavy atom. The second-order valence-corrected chi connectivity index (χ2v) is 3.13. The standard InChI is InChI=1S/C10H12N2O2/c1-6-3-8-9(14-5-13-8)4-7(6)10(11)12-2/h3-4H,5H2,1-2H3,(H2,11,12). The third-order valence-corrected chi connectivity index (χ3v) is 2.24. The zero-order valence-corrected chi connectivity index (χ0v) is 8.20. The maximum Gasteiger partial charge on any atom is 0.231 e. The predicted molar refractivity (Wildman–Crippen MR) is 54.0 cm³/mol. The maximum atomic E-state index is 5.74. The van der Waals surface area contributed by atoms with Crippen molar-refractivity contribution in [2.75, 3.05) is 13.8 Å².